The number of H-pyrrole nitrogens is 1. The van der Waals surface area contributed by atoms with Gasteiger partial charge in [-0.15, -0.1) is 0 Å². The number of fused-ring (bicyclic) bond motifs is 1. The fourth-order valence-corrected chi connectivity index (χ4v) is 1.50. The molecular weight excluding hydrogens is 204 g/mol. The fraction of sp³-hybridized carbons (Fsp3) is 0. The summed E-state index contributed by atoms with van der Waals surface area (Å²) in [6, 6.07) is 1.85. The SMILES string of the molecule is Nc1ncncc1-c1cnc2[nH]ccc2n1. The molecule has 6 nitrogen and oxygen atoms in total. The third-order valence-corrected chi connectivity index (χ3v) is 2.28. The Hall–Kier alpha value is -2.50. The summed E-state index contributed by atoms with van der Waals surface area (Å²) in [5.74, 6) is 0.402. The Balaban J connectivity index is 2.22. The molecule has 0 aromatic carbocycles. The van der Waals surface area contributed by atoms with Crippen molar-refractivity contribution in [1.29, 1.82) is 0 Å². The molecule has 0 fully saturated rings. The van der Waals surface area contributed by atoms with Crippen molar-refractivity contribution in [2.24, 2.45) is 0 Å². The quantitative estimate of drug-likeness (QED) is 0.627. The third kappa shape index (κ3) is 1.28. The van der Waals surface area contributed by atoms with Gasteiger partial charge < -0.3 is 10.7 Å². The predicted molar refractivity (Wildman–Crippen MR) is 59.3 cm³/mol. The van der Waals surface area contributed by atoms with Crippen molar-refractivity contribution in [3.8, 4) is 11.3 Å². The van der Waals surface area contributed by atoms with E-state index < -0.39 is 0 Å². The van der Waals surface area contributed by atoms with E-state index in [2.05, 4.69) is 24.9 Å². The van der Waals surface area contributed by atoms with E-state index in [1.165, 1.54) is 6.33 Å². The Labute approximate surface area is 90.6 Å². The first-order valence-corrected chi connectivity index (χ1v) is 4.70. The van der Waals surface area contributed by atoms with E-state index in [-0.39, 0.29) is 0 Å². The van der Waals surface area contributed by atoms with Gasteiger partial charge in [-0.05, 0) is 6.07 Å². The van der Waals surface area contributed by atoms with Crippen molar-refractivity contribution >= 4 is 17.0 Å². The summed E-state index contributed by atoms with van der Waals surface area (Å²) >= 11 is 0. The van der Waals surface area contributed by atoms with Crippen molar-refractivity contribution in [1.82, 2.24) is 24.9 Å². The van der Waals surface area contributed by atoms with Gasteiger partial charge in [-0.25, -0.2) is 19.9 Å². The highest BCUT2D eigenvalue weighted by atomic mass is 14.9. The molecule has 0 atom stereocenters. The van der Waals surface area contributed by atoms with Crippen LogP contribution in [0.3, 0.4) is 0 Å². The van der Waals surface area contributed by atoms with Crippen LogP contribution in [0.1, 0.15) is 0 Å². The molecule has 0 amide bonds. The zero-order valence-electron chi connectivity index (χ0n) is 8.25. The van der Waals surface area contributed by atoms with E-state index in [9.17, 15) is 0 Å². The van der Waals surface area contributed by atoms with Gasteiger partial charge in [0, 0.05) is 12.4 Å². The van der Waals surface area contributed by atoms with E-state index in [0.717, 1.165) is 11.2 Å². The average molecular weight is 212 g/mol. The lowest BCUT2D eigenvalue weighted by Crippen LogP contribution is -1.96. The van der Waals surface area contributed by atoms with E-state index in [1.807, 2.05) is 6.07 Å². The van der Waals surface area contributed by atoms with Crippen LogP contribution in [0.15, 0.2) is 31.0 Å². The Morgan fingerprint density at radius 2 is 2.12 bits per heavy atom. The normalized spacial score (nSPS) is 10.8. The molecular formula is C10H8N6. The van der Waals surface area contributed by atoms with Crippen molar-refractivity contribution in [2.75, 3.05) is 5.73 Å². The monoisotopic (exact) mass is 212 g/mol. The number of hydrogen-bond acceptors (Lipinski definition) is 5. The summed E-state index contributed by atoms with van der Waals surface area (Å²) < 4.78 is 0. The number of rotatable bonds is 1. The fourth-order valence-electron chi connectivity index (χ4n) is 1.50. The molecule has 0 spiro atoms. The smallest absolute Gasteiger partial charge is 0.156 e. The molecule has 0 saturated carbocycles. The third-order valence-electron chi connectivity index (χ3n) is 2.28. The summed E-state index contributed by atoms with van der Waals surface area (Å²) in [7, 11) is 0. The number of nitrogens with one attached hydrogen (secondary N) is 1. The number of nitrogens with two attached hydrogens (primary N) is 1. The van der Waals surface area contributed by atoms with Crippen LogP contribution >= 0.6 is 0 Å². The second kappa shape index (κ2) is 3.27. The lowest BCUT2D eigenvalue weighted by Gasteiger charge is -2.01. The maximum Gasteiger partial charge on any atom is 0.156 e. The molecule has 3 aromatic heterocycles. The molecule has 78 valence electrons. The number of hydrogen-bond donors (Lipinski definition) is 2. The van der Waals surface area contributed by atoms with E-state index in [1.54, 1.807) is 18.6 Å². The largest absolute Gasteiger partial charge is 0.383 e. The van der Waals surface area contributed by atoms with Gasteiger partial charge in [-0.1, -0.05) is 0 Å². The lowest BCUT2D eigenvalue weighted by atomic mass is 10.2. The Bertz CT molecular complexity index is 644. The van der Waals surface area contributed by atoms with Crippen molar-refractivity contribution < 1.29 is 0 Å². The van der Waals surface area contributed by atoms with Crippen LogP contribution < -0.4 is 5.73 Å². The van der Waals surface area contributed by atoms with Gasteiger partial charge in [0.15, 0.2) is 5.65 Å². The van der Waals surface area contributed by atoms with E-state index in [4.69, 9.17) is 5.73 Å². The highest BCUT2D eigenvalue weighted by Crippen LogP contribution is 2.21. The average Bonchev–Trinajstić information content (AvgIpc) is 2.76. The summed E-state index contributed by atoms with van der Waals surface area (Å²) in [6.07, 6.45) is 6.47. The minimum atomic E-state index is 0.402. The highest BCUT2D eigenvalue weighted by molar-refractivity contribution is 5.76. The van der Waals surface area contributed by atoms with Crippen LogP contribution in [-0.2, 0) is 0 Å². The van der Waals surface area contributed by atoms with Gasteiger partial charge in [0.05, 0.1) is 17.5 Å². The number of nitrogens with zero attached hydrogens (tertiary/aromatic N) is 4. The first-order chi connectivity index (χ1) is 7.84. The predicted octanol–water partition coefficient (Wildman–Crippen LogP) is 0.997. The Kier molecular flexibility index (Phi) is 1.79. The van der Waals surface area contributed by atoms with Gasteiger partial charge in [0.1, 0.15) is 17.7 Å². The highest BCUT2D eigenvalue weighted by Gasteiger charge is 2.07. The molecule has 3 heterocycles. The van der Waals surface area contributed by atoms with E-state index in [0.29, 0.717) is 17.1 Å². The number of nitrogen functional groups attached to an aromatic ring is 1. The molecule has 16 heavy (non-hydrogen) atoms. The summed E-state index contributed by atoms with van der Waals surface area (Å²) in [6.45, 7) is 0. The Morgan fingerprint density at radius 1 is 1.19 bits per heavy atom. The van der Waals surface area contributed by atoms with Crippen LogP contribution in [0.4, 0.5) is 5.82 Å². The first-order valence-electron chi connectivity index (χ1n) is 4.70. The Morgan fingerprint density at radius 3 is 3.00 bits per heavy atom. The minimum absolute atomic E-state index is 0.402. The molecule has 0 aliphatic rings. The first kappa shape index (κ1) is 8.78. The van der Waals surface area contributed by atoms with E-state index >= 15 is 0 Å². The maximum atomic E-state index is 5.75. The van der Waals surface area contributed by atoms with Crippen LogP contribution in [0.25, 0.3) is 22.4 Å². The van der Waals surface area contributed by atoms with Gasteiger partial charge in [0.2, 0.25) is 0 Å². The topological polar surface area (TPSA) is 93.4 Å². The van der Waals surface area contributed by atoms with Crippen LogP contribution in [0, 0.1) is 0 Å². The molecule has 0 aliphatic carbocycles. The molecule has 0 aliphatic heterocycles. The van der Waals surface area contributed by atoms with Crippen molar-refractivity contribution in [3.05, 3.63) is 31.0 Å². The van der Waals surface area contributed by atoms with Crippen LogP contribution in [-0.4, -0.2) is 24.9 Å². The second-order valence-corrected chi connectivity index (χ2v) is 3.29. The summed E-state index contributed by atoms with van der Waals surface area (Å²) in [5, 5.41) is 0. The molecule has 3 rings (SSSR count). The second-order valence-electron chi connectivity index (χ2n) is 3.29. The summed E-state index contributed by atoms with van der Waals surface area (Å²) in [5.41, 5.74) is 8.65. The summed E-state index contributed by atoms with van der Waals surface area (Å²) in [4.78, 5) is 19.5. The molecule has 3 aromatic rings. The van der Waals surface area contributed by atoms with Crippen LogP contribution in [0.2, 0.25) is 0 Å². The zero-order chi connectivity index (χ0) is 11.0. The van der Waals surface area contributed by atoms with Crippen LogP contribution in [0.5, 0.6) is 0 Å². The number of aromatic nitrogens is 5. The number of aromatic amines is 1. The molecule has 0 unspecified atom stereocenters. The van der Waals surface area contributed by atoms with Crippen molar-refractivity contribution in [2.45, 2.75) is 0 Å². The maximum absolute atomic E-state index is 5.75. The zero-order valence-corrected chi connectivity index (χ0v) is 8.25. The van der Waals surface area contributed by atoms with Gasteiger partial charge >= 0.3 is 0 Å². The molecule has 0 saturated heterocycles. The molecule has 6 heteroatoms. The lowest BCUT2D eigenvalue weighted by molar-refractivity contribution is 1.16. The van der Waals surface area contributed by atoms with Gasteiger partial charge in [-0.3, -0.25) is 0 Å². The van der Waals surface area contributed by atoms with Gasteiger partial charge in [-0.2, -0.15) is 0 Å². The molecule has 0 bridgehead atoms. The van der Waals surface area contributed by atoms with Crippen molar-refractivity contribution in [3.63, 3.8) is 0 Å². The molecule has 0 radical (unpaired) electrons. The number of anilines is 1. The minimum Gasteiger partial charge on any atom is -0.383 e. The standard InChI is InChI=1S/C10H8N6/c11-9-6(3-12-5-15-9)8-4-14-10-7(16-8)1-2-13-10/h1-5H,(H,13,14)(H2,11,12,15). The molecule has 3 N–H and O–H groups in total. The van der Waals surface area contributed by atoms with Gasteiger partial charge in [0.25, 0.3) is 0 Å².